The van der Waals surface area contributed by atoms with Crippen LogP contribution in [0.15, 0.2) is 0 Å². The zero-order chi connectivity index (χ0) is 12.4. The van der Waals surface area contributed by atoms with Crippen molar-refractivity contribution in [3.8, 4) is 0 Å². The standard InChI is InChI=1S/C11H18N2O3S/c1-7-13(9(6-17-7)11(15)16)10(14)5-8-3-2-4-12-8/h7-9,12H,2-6H2,1H3,(H,15,16). The van der Waals surface area contributed by atoms with E-state index >= 15 is 0 Å². The minimum Gasteiger partial charge on any atom is -0.480 e. The van der Waals surface area contributed by atoms with Crippen LogP contribution in [-0.4, -0.2) is 51.6 Å². The van der Waals surface area contributed by atoms with E-state index in [1.165, 1.54) is 16.7 Å². The van der Waals surface area contributed by atoms with Gasteiger partial charge >= 0.3 is 5.97 Å². The van der Waals surface area contributed by atoms with Crippen LogP contribution in [0.2, 0.25) is 0 Å². The molecule has 3 unspecified atom stereocenters. The summed E-state index contributed by atoms with van der Waals surface area (Å²) in [5.41, 5.74) is 0. The molecule has 0 aromatic rings. The third-order valence-corrected chi connectivity index (χ3v) is 4.60. The van der Waals surface area contributed by atoms with Crippen LogP contribution in [0.5, 0.6) is 0 Å². The largest absolute Gasteiger partial charge is 0.480 e. The SMILES string of the molecule is CC1SCC(C(=O)O)N1C(=O)CC1CCCN1. The summed E-state index contributed by atoms with van der Waals surface area (Å²) in [5.74, 6) is -0.427. The van der Waals surface area contributed by atoms with Crippen molar-refractivity contribution in [1.29, 1.82) is 0 Å². The summed E-state index contributed by atoms with van der Waals surface area (Å²) in [6.07, 6.45) is 2.54. The van der Waals surface area contributed by atoms with E-state index in [-0.39, 0.29) is 17.3 Å². The fourth-order valence-corrected chi connectivity index (χ4v) is 3.65. The van der Waals surface area contributed by atoms with Crippen LogP contribution in [0.1, 0.15) is 26.2 Å². The molecule has 5 nitrogen and oxygen atoms in total. The first kappa shape index (κ1) is 12.7. The maximum atomic E-state index is 12.1. The van der Waals surface area contributed by atoms with Crippen molar-refractivity contribution in [2.75, 3.05) is 12.3 Å². The van der Waals surface area contributed by atoms with E-state index in [9.17, 15) is 9.59 Å². The first-order chi connectivity index (χ1) is 8.09. The molecule has 2 aliphatic rings. The van der Waals surface area contributed by atoms with E-state index in [4.69, 9.17) is 5.11 Å². The molecule has 3 atom stereocenters. The molecule has 0 aromatic heterocycles. The molecular weight excluding hydrogens is 240 g/mol. The number of nitrogens with zero attached hydrogens (tertiary/aromatic N) is 1. The van der Waals surface area contributed by atoms with Gasteiger partial charge in [-0.25, -0.2) is 4.79 Å². The Labute approximate surface area is 105 Å². The molecule has 2 rings (SSSR count). The Morgan fingerprint density at radius 3 is 2.88 bits per heavy atom. The first-order valence-corrected chi connectivity index (χ1v) is 7.03. The smallest absolute Gasteiger partial charge is 0.327 e. The van der Waals surface area contributed by atoms with Gasteiger partial charge in [0, 0.05) is 18.2 Å². The number of carboxylic acid groups (broad SMARTS) is 1. The summed E-state index contributed by atoms with van der Waals surface area (Å²) in [5, 5.41) is 12.3. The average molecular weight is 258 g/mol. The zero-order valence-electron chi connectivity index (χ0n) is 9.89. The number of rotatable bonds is 3. The summed E-state index contributed by atoms with van der Waals surface area (Å²) < 4.78 is 0. The van der Waals surface area contributed by atoms with Gasteiger partial charge in [-0.05, 0) is 26.3 Å². The van der Waals surface area contributed by atoms with E-state index in [0.29, 0.717) is 12.2 Å². The molecule has 0 spiro atoms. The Balaban J connectivity index is 1.98. The summed E-state index contributed by atoms with van der Waals surface area (Å²) in [6.45, 7) is 2.86. The average Bonchev–Trinajstić information content (AvgIpc) is 2.86. The molecule has 2 fully saturated rings. The molecule has 0 saturated carbocycles. The fraction of sp³-hybridized carbons (Fsp3) is 0.818. The molecule has 0 aromatic carbocycles. The highest BCUT2D eigenvalue weighted by Crippen LogP contribution is 2.30. The van der Waals surface area contributed by atoms with Gasteiger partial charge in [-0.2, -0.15) is 0 Å². The van der Waals surface area contributed by atoms with E-state index < -0.39 is 12.0 Å². The van der Waals surface area contributed by atoms with Gasteiger partial charge in [-0.15, -0.1) is 11.8 Å². The van der Waals surface area contributed by atoms with Gasteiger partial charge in [0.1, 0.15) is 6.04 Å². The molecule has 1 amide bonds. The third kappa shape index (κ3) is 2.74. The monoisotopic (exact) mass is 258 g/mol. The number of hydrogen-bond acceptors (Lipinski definition) is 4. The van der Waals surface area contributed by atoms with Crippen molar-refractivity contribution >= 4 is 23.6 Å². The van der Waals surface area contributed by atoms with E-state index in [1.54, 1.807) is 0 Å². The number of carbonyl (C=O) groups excluding carboxylic acids is 1. The van der Waals surface area contributed by atoms with Gasteiger partial charge in [-0.3, -0.25) is 4.79 Å². The quantitative estimate of drug-likeness (QED) is 0.771. The lowest BCUT2D eigenvalue weighted by Crippen LogP contribution is -2.46. The highest BCUT2D eigenvalue weighted by Gasteiger charge is 2.39. The zero-order valence-corrected chi connectivity index (χ0v) is 10.7. The molecular formula is C11H18N2O3S. The number of amides is 1. The van der Waals surface area contributed by atoms with Crippen LogP contribution in [0.25, 0.3) is 0 Å². The topological polar surface area (TPSA) is 69.6 Å². The van der Waals surface area contributed by atoms with Gasteiger partial charge in [0.15, 0.2) is 0 Å². The molecule has 2 N–H and O–H groups in total. The van der Waals surface area contributed by atoms with Gasteiger partial charge in [0.25, 0.3) is 0 Å². The van der Waals surface area contributed by atoms with Gasteiger partial charge in [-0.1, -0.05) is 0 Å². The fourth-order valence-electron chi connectivity index (χ4n) is 2.46. The molecule has 0 bridgehead atoms. The van der Waals surface area contributed by atoms with Crippen molar-refractivity contribution < 1.29 is 14.7 Å². The van der Waals surface area contributed by atoms with Crippen molar-refractivity contribution in [2.45, 2.75) is 43.6 Å². The second-order valence-electron chi connectivity index (χ2n) is 4.59. The Morgan fingerprint density at radius 2 is 2.29 bits per heavy atom. The van der Waals surface area contributed by atoms with Gasteiger partial charge < -0.3 is 15.3 Å². The van der Waals surface area contributed by atoms with Crippen molar-refractivity contribution in [3.63, 3.8) is 0 Å². The molecule has 17 heavy (non-hydrogen) atoms. The number of carboxylic acids is 1. The summed E-state index contributed by atoms with van der Waals surface area (Å²) in [7, 11) is 0. The molecule has 2 saturated heterocycles. The Hall–Kier alpha value is -0.750. The lowest BCUT2D eigenvalue weighted by atomic mass is 10.1. The van der Waals surface area contributed by atoms with Crippen LogP contribution >= 0.6 is 11.8 Å². The second kappa shape index (κ2) is 5.27. The Morgan fingerprint density at radius 1 is 1.53 bits per heavy atom. The maximum absolute atomic E-state index is 12.1. The predicted molar refractivity (Wildman–Crippen MR) is 65.8 cm³/mol. The number of nitrogens with one attached hydrogen (secondary N) is 1. The van der Waals surface area contributed by atoms with E-state index in [2.05, 4.69) is 5.32 Å². The lowest BCUT2D eigenvalue weighted by molar-refractivity contribution is -0.149. The van der Waals surface area contributed by atoms with Crippen LogP contribution in [0, 0.1) is 0 Å². The van der Waals surface area contributed by atoms with Gasteiger partial charge in [0.05, 0.1) is 5.37 Å². The molecule has 2 aliphatic heterocycles. The Kier molecular flexibility index (Phi) is 3.93. The minimum atomic E-state index is -0.894. The highest BCUT2D eigenvalue weighted by molar-refractivity contribution is 8.00. The maximum Gasteiger partial charge on any atom is 0.327 e. The summed E-state index contributed by atoms with van der Waals surface area (Å²) >= 11 is 1.53. The van der Waals surface area contributed by atoms with Crippen molar-refractivity contribution in [3.05, 3.63) is 0 Å². The highest BCUT2D eigenvalue weighted by atomic mass is 32.2. The van der Waals surface area contributed by atoms with Crippen LogP contribution in [0.4, 0.5) is 0 Å². The van der Waals surface area contributed by atoms with Crippen molar-refractivity contribution in [2.24, 2.45) is 0 Å². The Bertz CT molecular complexity index is 318. The van der Waals surface area contributed by atoms with E-state index in [0.717, 1.165) is 19.4 Å². The number of thioether (sulfide) groups is 1. The summed E-state index contributed by atoms with van der Waals surface area (Å²) in [6, 6.07) is -0.418. The second-order valence-corrected chi connectivity index (χ2v) is 5.93. The third-order valence-electron chi connectivity index (χ3n) is 3.38. The predicted octanol–water partition coefficient (Wildman–Crippen LogP) is 0.503. The lowest BCUT2D eigenvalue weighted by Gasteiger charge is -2.26. The number of aliphatic carboxylic acids is 1. The van der Waals surface area contributed by atoms with Crippen LogP contribution in [0.3, 0.4) is 0 Å². The minimum absolute atomic E-state index is 0.0231. The van der Waals surface area contributed by atoms with Crippen molar-refractivity contribution in [1.82, 2.24) is 10.2 Å². The number of carbonyl (C=O) groups is 2. The van der Waals surface area contributed by atoms with Crippen LogP contribution < -0.4 is 5.32 Å². The molecule has 0 aliphatic carbocycles. The molecule has 6 heteroatoms. The molecule has 0 radical (unpaired) electrons. The molecule has 2 heterocycles. The summed E-state index contributed by atoms with van der Waals surface area (Å²) in [4.78, 5) is 24.7. The molecule has 96 valence electrons. The van der Waals surface area contributed by atoms with Gasteiger partial charge in [0.2, 0.25) is 5.91 Å². The normalized spacial score (nSPS) is 33.0. The van der Waals surface area contributed by atoms with E-state index in [1.807, 2.05) is 6.92 Å². The number of hydrogen-bond donors (Lipinski definition) is 2. The van der Waals surface area contributed by atoms with Crippen LogP contribution in [-0.2, 0) is 9.59 Å². The first-order valence-electron chi connectivity index (χ1n) is 5.98.